The molecule has 3 nitrogen and oxygen atoms in total. The second kappa shape index (κ2) is 6.61. The van der Waals surface area contributed by atoms with Crippen LogP contribution in [0.2, 0.25) is 0 Å². The van der Waals surface area contributed by atoms with E-state index in [1.165, 1.54) is 6.07 Å². The van der Waals surface area contributed by atoms with Gasteiger partial charge < -0.3 is 14.8 Å². The quantitative estimate of drug-likeness (QED) is 0.923. The number of halogens is 2. The second-order valence-corrected chi connectivity index (χ2v) is 5.09. The van der Waals surface area contributed by atoms with Gasteiger partial charge in [0.1, 0.15) is 5.82 Å². The first-order valence-corrected chi connectivity index (χ1v) is 6.81. The summed E-state index contributed by atoms with van der Waals surface area (Å²) < 4.78 is 25.1. The van der Waals surface area contributed by atoms with Crippen LogP contribution in [-0.2, 0) is 15.9 Å². The first-order valence-electron chi connectivity index (χ1n) is 6.02. The van der Waals surface area contributed by atoms with Gasteiger partial charge in [-0.1, -0.05) is 12.1 Å². The van der Waals surface area contributed by atoms with E-state index in [2.05, 4.69) is 21.2 Å². The molecule has 1 aromatic rings. The highest BCUT2D eigenvalue weighted by molar-refractivity contribution is 9.10. The van der Waals surface area contributed by atoms with Gasteiger partial charge in [0.2, 0.25) is 0 Å². The molecule has 2 unspecified atom stereocenters. The van der Waals surface area contributed by atoms with E-state index in [1.807, 2.05) is 13.1 Å². The van der Waals surface area contributed by atoms with Crippen molar-refractivity contribution in [2.24, 2.45) is 0 Å². The van der Waals surface area contributed by atoms with Gasteiger partial charge in [0.25, 0.3) is 0 Å². The van der Waals surface area contributed by atoms with Crippen molar-refractivity contribution < 1.29 is 13.9 Å². The molecule has 0 radical (unpaired) electrons. The van der Waals surface area contributed by atoms with Gasteiger partial charge in [0, 0.05) is 6.04 Å². The van der Waals surface area contributed by atoms with E-state index < -0.39 is 0 Å². The Morgan fingerprint density at radius 1 is 1.50 bits per heavy atom. The number of ether oxygens (including phenoxy) is 2. The molecule has 18 heavy (non-hydrogen) atoms. The van der Waals surface area contributed by atoms with Crippen molar-refractivity contribution in [3.8, 4) is 0 Å². The minimum absolute atomic E-state index is 0.0129. The van der Waals surface area contributed by atoms with Crippen LogP contribution in [0.4, 0.5) is 4.39 Å². The molecule has 100 valence electrons. The highest BCUT2D eigenvalue weighted by Gasteiger charge is 2.24. The Hall–Kier alpha value is -0.490. The van der Waals surface area contributed by atoms with Crippen LogP contribution in [0.15, 0.2) is 22.7 Å². The van der Waals surface area contributed by atoms with Crippen LogP contribution in [0.3, 0.4) is 0 Å². The minimum Gasteiger partial charge on any atom is -0.376 e. The zero-order valence-electron chi connectivity index (χ0n) is 10.3. The van der Waals surface area contributed by atoms with Gasteiger partial charge in [-0.15, -0.1) is 0 Å². The molecule has 0 bridgehead atoms. The fraction of sp³-hybridized carbons (Fsp3) is 0.538. The summed E-state index contributed by atoms with van der Waals surface area (Å²) in [5.41, 5.74) is 0.934. The van der Waals surface area contributed by atoms with Crippen LogP contribution in [0, 0.1) is 5.82 Å². The summed E-state index contributed by atoms with van der Waals surface area (Å²) in [4.78, 5) is 0. The third-order valence-corrected chi connectivity index (χ3v) is 4.02. The summed E-state index contributed by atoms with van der Waals surface area (Å²) in [7, 11) is 1.88. The number of likely N-dealkylation sites (N-methyl/N-ethyl adjacent to an activating group) is 1. The molecule has 0 amide bonds. The van der Waals surface area contributed by atoms with E-state index >= 15 is 0 Å². The number of benzene rings is 1. The summed E-state index contributed by atoms with van der Waals surface area (Å²) in [6, 6.07) is 5.20. The maximum atomic E-state index is 13.5. The highest BCUT2D eigenvalue weighted by atomic mass is 79.9. The lowest BCUT2D eigenvalue weighted by molar-refractivity contribution is -0.100. The van der Waals surface area contributed by atoms with Crippen LogP contribution in [0.25, 0.3) is 0 Å². The molecule has 0 spiro atoms. The summed E-state index contributed by atoms with van der Waals surface area (Å²) in [6.45, 7) is 1.85. The van der Waals surface area contributed by atoms with Gasteiger partial charge in [-0.2, -0.15) is 0 Å². The highest BCUT2D eigenvalue weighted by Crippen LogP contribution is 2.23. The number of nitrogens with one attached hydrogen (secondary N) is 1. The largest absolute Gasteiger partial charge is 0.376 e. The van der Waals surface area contributed by atoms with Gasteiger partial charge in [-0.25, -0.2) is 4.39 Å². The molecule has 2 rings (SSSR count). The molecule has 1 fully saturated rings. The average molecular weight is 318 g/mol. The van der Waals surface area contributed by atoms with Crippen LogP contribution in [-0.4, -0.2) is 39.0 Å². The summed E-state index contributed by atoms with van der Waals surface area (Å²) in [6.07, 6.45) is 0.710. The van der Waals surface area contributed by atoms with Crippen molar-refractivity contribution in [2.45, 2.75) is 18.6 Å². The Balaban J connectivity index is 2.07. The van der Waals surface area contributed by atoms with Crippen LogP contribution < -0.4 is 5.32 Å². The van der Waals surface area contributed by atoms with Crippen molar-refractivity contribution in [1.82, 2.24) is 5.32 Å². The van der Waals surface area contributed by atoms with Gasteiger partial charge in [-0.3, -0.25) is 0 Å². The molecule has 1 aliphatic rings. The number of rotatable bonds is 4. The molecular weight excluding hydrogens is 301 g/mol. The van der Waals surface area contributed by atoms with Crippen LogP contribution >= 0.6 is 15.9 Å². The molecule has 0 saturated carbocycles. The van der Waals surface area contributed by atoms with Gasteiger partial charge in [0.05, 0.1) is 30.4 Å². The zero-order chi connectivity index (χ0) is 13.0. The molecule has 1 saturated heterocycles. The lowest BCUT2D eigenvalue weighted by atomic mass is 10.0. The molecule has 0 aliphatic carbocycles. The van der Waals surface area contributed by atoms with Crippen molar-refractivity contribution >= 4 is 15.9 Å². The predicted molar refractivity (Wildman–Crippen MR) is 71.2 cm³/mol. The molecule has 1 N–H and O–H groups in total. The third kappa shape index (κ3) is 3.29. The van der Waals surface area contributed by atoms with E-state index in [9.17, 15) is 4.39 Å². The predicted octanol–water partition coefficient (Wildman–Crippen LogP) is 2.13. The smallest absolute Gasteiger partial charge is 0.137 e. The molecule has 1 heterocycles. The fourth-order valence-corrected chi connectivity index (χ4v) is 2.53. The molecule has 5 heteroatoms. The third-order valence-electron chi connectivity index (χ3n) is 3.13. The summed E-state index contributed by atoms with van der Waals surface area (Å²) in [5.74, 6) is -0.233. The Morgan fingerprint density at radius 3 is 3.00 bits per heavy atom. The Labute approximate surface area is 115 Å². The van der Waals surface area contributed by atoms with Gasteiger partial charge in [0.15, 0.2) is 0 Å². The van der Waals surface area contributed by atoms with E-state index in [0.29, 0.717) is 30.7 Å². The normalized spacial score (nSPS) is 21.8. The first kappa shape index (κ1) is 13.9. The van der Waals surface area contributed by atoms with E-state index in [1.54, 1.807) is 6.07 Å². The van der Waals surface area contributed by atoms with Crippen LogP contribution in [0.5, 0.6) is 0 Å². The van der Waals surface area contributed by atoms with Crippen molar-refractivity contribution in [2.75, 3.05) is 26.9 Å². The Kier molecular flexibility index (Phi) is 5.12. The SMILES string of the molecule is CNC(Cc1cccc(F)c1Br)C1COCCO1. The molecular formula is C13H17BrFNO2. The van der Waals surface area contributed by atoms with E-state index in [-0.39, 0.29) is 18.0 Å². The second-order valence-electron chi connectivity index (χ2n) is 4.30. The maximum Gasteiger partial charge on any atom is 0.137 e. The lowest BCUT2D eigenvalue weighted by Gasteiger charge is -2.30. The maximum absolute atomic E-state index is 13.5. The minimum atomic E-state index is -0.233. The van der Waals surface area contributed by atoms with Crippen LogP contribution in [0.1, 0.15) is 5.56 Å². The van der Waals surface area contributed by atoms with Crippen molar-refractivity contribution in [3.05, 3.63) is 34.1 Å². The van der Waals surface area contributed by atoms with Crippen molar-refractivity contribution in [3.63, 3.8) is 0 Å². The molecule has 1 aromatic carbocycles. The van der Waals surface area contributed by atoms with E-state index in [4.69, 9.17) is 9.47 Å². The number of hydrogen-bond donors (Lipinski definition) is 1. The monoisotopic (exact) mass is 317 g/mol. The average Bonchev–Trinajstić information content (AvgIpc) is 2.41. The Morgan fingerprint density at radius 2 is 2.33 bits per heavy atom. The number of hydrogen-bond acceptors (Lipinski definition) is 3. The van der Waals surface area contributed by atoms with Crippen molar-refractivity contribution in [1.29, 1.82) is 0 Å². The molecule has 0 aromatic heterocycles. The summed E-state index contributed by atoms with van der Waals surface area (Å²) >= 11 is 3.29. The molecule has 2 atom stereocenters. The standard InChI is InChI=1S/C13H17BrFNO2/c1-16-11(12-8-17-5-6-18-12)7-9-3-2-4-10(15)13(9)14/h2-4,11-12,16H,5-8H2,1H3. The first-order chi connectivity index (χ1) is 8.72. The zero-order valence-corrected chi connectivity index (χ0v) is 11.9. The Bertz CT molecular complexity index is 397. The van der Waals surface area contributed by atoms with Gasteiger partial charge in [-0.05, 0) is 41.0 Å². The van der Waals surface area contributed by atoms with E-state index in [0.717, 1.165) is 5.56 Å². The lowest BCUT2D eigenvalue weighted by Crippen LogP contribution is -2.46. The topological polar surface area (TPSA) is 30.5 Å². The summed E-state index contributed by atoms with van der Waals surface area (Å²) in [5, 5.41) is 3.22. The molecule has 1 aliphatic heterocycles. The fourth-order valence-electron chi connectivity index (χ4n) is 2.10. The van der Waals surface area contributed by atoms with Gasteiger partial charge >= 0.3 is 0 Å².